The summed E-state index contributed by atoms with van der Waals surface area (Å²) in [6.45, 7) is 0. The normalized spacial score (nSPS) is 9.83. The maximum absolute atomic E-state index is 8.77. The van der Waals surface area contributed by atoms with Crippen molar-refractivity contribution < 1.29 is 0 Å². The number of halogens is 2. The lowest BCUT2D eigenvalue weighted by molar-refractivity contribution is 1.47. The molecule has 2 aromatic rings. The summed E-state index contributed by atoms with van der Waals surface area (Å²) in [5.74, 6) is 0. The molecule has 0 saturated carbocycles. The molecule has 0 atom stereocenters. The number of anilines is 3. The van der Waals surface area contributed by atoms with Crippen LogP contribution in [0.1, 0.15) is 5.56 Å². The molecule has 0 aliphatic carbocycles. The molecule has 0 bridgehead atoms. The lowest BCUT2D eigenvalue weighted by atomic mass is 10.2. The number of hydrogen-bond donors (Lipinski definition) is 2. The third kappa shape index (κ3) is 2.86. The van der Waals surface area contributed by atoms with E-state index in [1.807, 2.05) is 24.3 Å². The van der Waals surface area contributed by atoms with Crippen LogP contribution in [-0.2, 0) is 0 Å². The second kappa shape index (κ2) is 5.46. The van der Waals surface area contributed by atoms with Crippen LogP contribution < -0.4 is 11.1 Å². The number of benzene rings is 2. The van der Waals surface area contributed by atoms with E-state index in [2.05, 4.69) is 27.9 Å². The molecule has 0 aliphatic heterocycles. The maximum Gasteiger partial charge on any atom is 0.0992 e. The molecule has 0 amide bonds. The molecule has 0 unspecified atom stereocenters. The van der Waals surface area contributed by atoms with Crippen molar-refractivity contribution >= 4 is 51.3 Å². The standard InChI is InChI=1S/C13H9ClIN3/c14-10-6-9(15)2-4-12(10)18-13-3-1-8(7-16)5-11(13)17/h1-6,18H,17H2. The van der Waals surface area contributed by atoms with E-state index in [1.165, 1.54) is 0 Å². The van der Waals surface area contributed by atoms with E-state index >= 15 is 0 Å². The van der Waals surface area contributed by atoms with Crippen LogP contribution in [0.3, 0.4) is 0 Å². The summed E-state index contributed by atoms with van der Waals surface area (Å²) in [7, 11) is 0. The SMILES string of the molecule is N#Cc1ccc(Nc2ccc(I)cc2Cl)c(N)c1. The number of nitrogen functional groups attached to an aromatic ring is 1. The van der Waals surface area contributed by atoms with Crippen LogP contribution in [-0.4, -0.2) is 0 Å². The van der Waals surface area contributed by atoms with Crippen LogP contribution in [0.5, 0.6) is 0 Å². The van der Waals surface area contributed by atoms with E-state index in [4.69, 9.17) is 22.6 Å². The first-order valence-corrected chi connectivity index (χ1v) is 6.57. The van der Waals surface area contributed by atoms with E-state index in [-0.39, 0.29) is 0 Å². The molecule has 18 heavy (non-hydrogen) atoms. The van der Waals surface area contributed by atoms with Gasteiger partial charge in [0, 0.05) is 3.57 Å². The van der Waals surface area contributed by atoms with Crippen molar-refractivity contribution in [2.45, 2.75) is 0 Å². The van der Waals surface area contributed by atoms with Gasteiger partial charge in [-0.05, 0) is 59.0 Å². The molecule has 2 rings (SSSR count). The van der Waals surface area contributed by atoms with Gasteiger partial charge in [0.2, 0.25) is 0 Å². The molecule has 2 aromatic carbocycles. The Morgan fingerprint density at radius 1 is 1.17 bits per heavy atom. The van der Waals surface area contributed by atoms with Gasteiger partial charge in [-0.2, -0.15) is 5.26 Å². The predicted molar refractivity (Wildman–Crippen MR) is 83.0 cm³/mol. The Kier molecular flexibility index (Phi) is 3.94. The van der Waals surface area contributed by atoms with Crippen molar-refractivity contribution in [1.29, 1.82) is 5.26 Å². The van der Waals surface area contributed by atoms with Crippen LogP contribution in [0.15, 0.2) is 36.4 Å². The van der Waals surface area contributed by atoms with Gasteiger partial charge >= 0.3 is 0 Å². The number of nitrogens with two attached hydrogens (primary N) is 1. The van der Waals surface area contributed by atoms with Crippen LogP contribution in [0, 0.1) is 14.9 Å². The van der Waals surface area contributed by atoms with Gasteiger partial charge in [0.25, 0.3) is 0 Å². The fourth-order valence-electron chi connectivity index (χ4n) is 1.48. The minimum absolute atomic E-state index is 0.517. The molecule has 0 aromatic heterocycles. The molecule has 0 saturated heterocycles. The Bertz CT molecular complexity index is 635. The van der Waals surface area contributed by atoms with E-state index < -0.39 is 0 Å². The third-order valence-electron chi connectivity index (χ3n) is 2.38. The lowest BCUT2D eigenvalue weighted by Crippen LogP contribution is -1.97. The first kappa shape index (κ1) is 13.0. The molecule has 5 heteroatoms. The lowest BCUT2D eigenvalue weighted by Gasteiger charge is -2.11. The van der Waals surface area contributed by atoms with E-state index in [9.17, 15) is 0 Å². The Morgan fingerprint density at radius 2 is 1.89 bits per heavy atom. The van der Waals surface area contributed by atoms with Gasteiger partial charge in [-0.15, -0.1) is 0 Å². The number of rotatable bonds is 2. The highest BCUT2D eigenvalue weighted by Gasteiger charge is 2.04. The summed E-state index contributed by atoms with van der Waals surface area (Å²) in [5, 5.41) is 12.5. The Labute approximate surface area is 124 Å². The predicted octanol–water partition coefficient (Wildman–Crippen LogP) is 4.14. The van der Waals surface area contributed by atoms with Gasteiger partial charge < -0.3 is 11.1 Å². The molecular weight excluding hydrogens is 361 g/mol. The summed E-state index contributed by atoms with van der Waals surface area (Å²) in [4.78, 5) is 0. The van der Waals surface area contributed by atoms with Gasteiger partial charge in [0.1, 0.15) is 0 Å². The van der Waals surface area contributed by atoms with Crippen molar-refractivity contribution in [3.05, 3.63) is 50.6 Å². The van der Waals surface area contributed by atoms with E-state index in [0.717, 1.165) is 14.9 Å². The van der Waals surface area contributed by atoms with Crippen LogP contribution >= 0.6 is 34.2 Å². The molecule has 0 heterocycles. The Morgan fingerprint density at radius 3 is 2.50 bits per heavy atom. The second-order valence-corrected chi connectivity index (χ2v) is 5.32. The molecule has 0 radical (unpaired) electrons. The summed E-state index contributed by atoms with van der Waals surface area (Å²) < 4.78 is 1.07. The fourth-order valence-corrected chi connectivity index (χ4v) is 2.39. The van der Waals surface area contributed by atoms with Crippen molar-refractivity contribution in [3.8, 4) is 6.07 Å². The summed E-state index contributed by atoms with van der Waals surface area (Å²) in [6.07, 6.45) is 0. The van der Waals surface area contributed by atoms with Gasteiger partial charge in [-0.25, -0.2) is 0 Å². The zero-order valence-electron chi connectivity index (χ0n) is 9.24. The minimum atomic E-state index is 0.517. The number of nitrogens with zero attached hydrogens (tertiary/aromatic N) is 1. The molecule has 0 spiro atoms. The fraction of sp³-hybridized carbons (Fsp3) is 0. The van der Waals surface area contributed by atoms with Gasteiger partial charge in [0.05, 0.1) is 33.7 Å². The van der Waals surface area contributed by atoms with Crippen molar-refractivity contribution in [2.24, 2.45) is 0 Å². The van der Waals surface area contributed by atoms with E-state index in [0.29, 0.717) is 16.3 Å². The monoisotopic (exact) mass is 369 g/mol. The second-order valence-electron chi connectivity index (χ2n) is 3.66. The van der Waals surface area contributed by atoms with Gasteiger partial charge in [-0.1, -0.05) is 11.6 Å². The average Bonchev–Trinajstić information content (AvgIpc) is 2.34. The van der Waals surface area contributed by atoms with Crippen LogP contribution in [0.4, 0.5) is 17.1 Å². The first-order valence-electron chi connectivity index (χ1n) is 5.12. The van der Waals surface area contributed by atoms with Gasteiger partial charge in [-0.3, -0.25) is 0 Å². The quantitative estimate of drug-likeness (QED) is 0.618. The Hall–Kier alpha value is -1.45. The molecule has 3 nitrogen and oxygen atoms in total. The molecule has 0 aliphatic rings. The highest BCUT2D eigenvalue weighted by atomic mass is 127. The van der Waals surface area contributed by atoms with Crippen molar-refractivity contribution in [3.63, 3.8) is 0 Å². The summed E-state index contributed by atoms with van der Waals surface area (Å²) in [6, 6.07) is 12.9. The van der Waals surface area contributed by atoms with Crippen LogP contribution in [0.25, 0.3) is 0 Å². The van der Waals surface area contributed by atoms with Crippen molar-refractivity contribution in [1.82, 2.24) is 0 Å². The van der Waals surface area contributed by atoms with E-state index in [1.54, 1.807) is 18.2 Å². The molecule has 0 fully saturated rings. The first-order chi connectivity index (χ1) is 8.60. The third-order valence-corrected chi connectivity index (χ3v) is 3.36. The zero-order valence-corrected chi connectivity index (χ0v) is 12.2. The summed E-state index contributed by atoms with van der Waals surface area (Å²) >= 11 is 8.33. The zero-order chi connectivity index (χ0) is 13.1. The summed E-state index contributed by atoms with van der Waals surface area (Å²) in [5.41, 5.74) is 8.44. The Balaban J connectivity index is 2.32. The maximum atomic E-state index is 8.77. The van der Waals surface area contributed by atoms with Crippen molar-refractivity contribution in [2.75, 3.05) is 11.1 Å². The molecule has 90 valence electrons. The highest BCUT2D eigenvalue weighted by molar-refractivity contribution is 14.1. The molecule has 3 N–H and O–H groups in total. The smallest absolute Gasteiger partial charge is 0.0992 e. The number of nitriles is 1. The number of hydrogen-bond acceptors (Lipinski definition) is 3. The molecular formula is C13H9ClIN3. The van der Waals surface area contributed by atoms with Crippen LogP contribution in [0.2, 0.25) is 5.02 Å². The topological polar surface area (TPSA) is 61.8 Å². The average molecular weight is 370 g/mol. The number of nitrogens with one attached hydrogen (secondary N) is 1. The highest BCUT2D eigenvalue weighted by Crippen LogP contribution is 2.29. The largest absolute Gasteiger partial charge is 0.397 e. The van der Waals surface area contributed by atoms with Gasteiger partial charge in [0.15, 0.2) is 0 Å². The minimum Gasteiger partial charge on any atom is -0.397 e.